The fourth-order valence-electron chi connectivity index (χ4n) is 3.23. The average molecular weight is 362 g/mol. The first-order valence-electron chi connectivity index (χ1n) is 9.59. The zero-order chi connectivity index (χ0) is 18.7. The van der Waals surface area contributed by atoms with Gasteiger partial charge >= 0.3 is 0 Å². The van der Waals surface area contributed by atoms with Gasteiger partial charge in [0.15, 0.2) is 0 Å². The molecule has 0 aliphatic rings. The van der Waals surface area contributed by atoms with E-state index in [1.54, 1.807) is 0 Å². The molecular weight excluding hydrogens is 335 g/mol. The minimum absolute atomic E-state index is 0.178. The summed E-state index contributed by atoms with van der Waals surface area (Å²) in [4.78, 5) is 0. The Morgan fingerprint density at radius 2 is 1.19 bits per heavy atom. The van der Waals surface area contributed by atoms with Gasteiger partial charge in [-0.2, -0.15) is 0 Å². The Balaban J connectivity index is 1.41. The van der Waals surface area contributed by atoms with Crippen LogP contribution >= 0.6 is 0 Å². The highest BCUT2D eigenvalue weighted by molar-refractivity contribution is 5.32. The van der Waals surface area contributed by atoms with Gasteiger partial charge in [-0.05, 0) is 41.8 Å². The molecule has 3 rings (SSSR count). The fraction of sp³-hybridized carbons (Fsp3) is 0.250. The molecule has 0 saturated heterocycles. The van der Waals surface area contributed by atoms with Crippen molar-refractivity contribution in [3.8, 4) is 0 Å². The van der Waals surface area contributed by atoms with Gasteiger partial charge in [0.25, 0.3) is 0 Å². The molecule has 2 N–H and O–H groups in total. The molecule has 0 fully saturated rings. The monoisotopic (exact) mass is 362 g/mol. The van der Waals surface area contributed by atoms with Crippen molar-refractivity contribution in [3.05, 3.63) is 107 Å². The molecule has 0 radical (unpaired) electrons. The third-order valence-corrected chi connectivity index (χ3v) is 4.73. The van der Waals surface area contributed by atoms with E-state index in [2.05, 4.69) is 71.3 Å². The normalized spacial score (nSPS) is 11.0. The zero-order valence-corrected chi connectivity index (χ0v) is 15.6. The Kier molecular flexibility index (Phi) is 7.57. The lowest BCUT2D eigenvalue weighted by molar-refractivity contribution is 0.589. The lowest BCUT2D eigenvalue weighted by Gasteiger charge is -2.19. The van der Waals surface area contributed by atoms with Gasteiger partial charge in [-0.15, -0.1) is 0 Å². The van der Waals surface area contributed by atoms with E-state index in [9.17, 15) is 4.39 Å². The molecule has 3 aromatic carbocycles. The lowest BCUT2D eigenvalue weighted by atomic mass is 9.91. The fourth-order valence-corrected chi connectivity index (χ4v) is 3.23. The quantitative estimate of drug-likeness (QED) is 0.523. The molecule has 0 aliphatic heterocycles. The van der Waals surface area contributed by atoms with Crippen LogP contribution in [0, 0.1) is 5.82 Å². The van der Waals surface area contributed by atoms with Crippen molar-refractivity contribution in [3.63, 3.8) is 0 Å². The maximum Gasteiger partial charge on any atom is 0.123 e. The molecule has 0 unspecified atom stereocenters. The standard InChI is InChI=1S/C24H27FN2/c25-23-13-11-20(12-14-23)15-16-26-17-18-27-19-24(21-7-3-1-4-8-21)22-9-5-2-6-10-22/h1-14,24,26-27H,15-19H2. The predicted molar refractivity (Wildman–Crippen MR) is 111 cm³/mol. The van der Waals surface area contributed by atoms with Crippen LogP contribution in [0.5, 0.6) is 0 Å². The largest absolute Gasteiger partial charge is 0.315 e. The number of benzene rings is 3. The highest BCUT2D eigenvalue weighted by Gasteiger charge is 2.12. The van der Waals surface area contributed by atoms with Gasteiger partial charge in [0.2, 0.25) is 0 Å². The molecule has 2 nitrogen and oxygen atoms in total. The van der Waals surface area contributed by atoms with Crippen molar-refractivity contribution >= 4 is 0 Å². The van der Waals surface area contributed by atoms with Crippen molar-refractivity contribution in [2.75, 3.05) is 26.2 Å². The SMILES string of the molecule is Fc1ccc(CCNCCNCC(c2ccccc2)c2ccccc2)cc1. The first-order chi connectivity index (χ1) is 13.3. The third kappa shape index (κ3) is 6.31. The summed E-state index contributed by atoms with van der Waals surface area (Å²) in [6, 6.07) is 28.0. The second kappa shape index (κ2) is 10.6. The molecule has 0 bridgehead atoms. The second-order valence-corrected chi connectivity index (χ2v) is 6.70. The molecule has 0 aliphatic carbocycles. The molecule has 3 heteroatoms. The summed E-state index contributed by atoms with van der Waals surface area (Å²) in [6.07, 6.45) is 0.914. The van der Waals surface area contributed by atoms with E-state index in [1.165, 1.54) is 23.3 Å². The van der Waals surface area contributed by atoms with Gasteiger partial charge in [0.05, 0.1) is 0 Å². The lowest BCUT2D eigenvalue weighted by Crippen LogP contribution is -2.31. The molecule has 0 aromatic heterocycles. The van der Waals surface area contributed by atoms with E-state index in [4.69, 9.17) is 0 Å². The molecule has 0 heterocycles. The van der Waals surface area contributed by atoms with Gasteiger partial charge < -0.3 is 10.6 Å². The van der Waals surface area contributed by atoms with Crippen LogP contribution in [0.1, 0.15) is 22.6 Å². The summed E-state index contributed by atoms with van der Waals surface area (Å²) >= 11 is 0. The maximum atomic E-state index is 12.9. The summed E-state index contributed by atoms with van der Waals surface area (Å²) in [5.74, 6) is 0.175. The summed E-state index contributed by atoms with van der Waals surface area (Å²) in [5.41, 5.74) is 3.83. The average Bonchev–Trinajstić information content (AvgIpc) is 2.73. The van der Waals surface area contributed by atoms with E-state index in [-0.39, 0.29) is 5.82 Å². The summed E-state index contributed by atoms with van der Waals surface area (Å²) < 4.78 is 12.9. The first-order valence-corrected chi connectivity index (χ1v) is 9.59. The molecule has 27 heavy (non-hydrogen) atoms. The molecule has 3 aromatic rings. The van der Waals surface area contributed by atoms with Crippen molar-refractivity contribution in [1.82, 2.24) is 10.6 Å². The topological polar surface area (TPSA) is 24.1 Å². The Labute approximate surface area is 161 Å². The highest BCUT2D eigenvalue weighted by atomic mass is 19.1. The Morgan fingerprint density at radius 3 is 1.78 bits per heavy atom. The molecule has 140 valence electrons. The number of hydrogen-bond donors (Lipinski definition) is 2. The van der Waals surface area contributed by atoms with Crippen LogP contribution in [-0.2, 0) is 6.42 Å². The number of rotatable bonds is 10. The molecular formula is C24H27FN2. The summed E-state index contributed by atoms with van der Waals surface area (Å²) in [7, 11) is 0. The van der Waals surface area contributed by atoms with E-state index in [0.717, 1.165) is 38.2 Å². The number of halogens is 1. The van der Waals surface area contributed by atoms with Crippen molar-refractivity contribution in [2.24, 2.45) is 0 Å². The second-order valence-electron chi connectivity index (χ2n) is 6.70. The van der Waals surface area contributed by atoms with Crippen LogP contribution in [0.4, 0.5) is 4.39 Å². The van der Waals surface area contributed by atoms with Gasteiger partial charge in [-0.3, -0.25) is 0 Å². The summed E-state index contributed by atoms with van der Waals surface area (Å²) in [6.45, 7) is 3.64. The first kappa shape index (κ1) is 19.3. The van der Waals surface area contributed by atoms with Crippen LogP contribution < -0.4 is 10.6 Å². The molecule has 0 saturated carbocycles. The molecule has 0 atom stereocenters. The van der Waals surface area contributed by atoms with Crippen LogP contribution in [0.2, 0.25) is 0 Å². The molecule has 0 spiro atoms. The summed E-state index contributed by atoms with van der Waals surface area (Å²) in [5, 5.41) is 7.02. The van der Waals surface area contributed by atoms with Gasteiger partial charge in [-0.25, -0.2) is 4.39 Å². The maximum absolute atomic E-state index is 12.9. The smallest absolute Gasteiger partial charge is 0.123 e. The number of hydrogen-bond acceptors (Lipinski definition) is 2. The Hall–Kier alpha value is -2.49. The minimum atomic E-state index is -0.178. The number of nitrogens with one attached hydrogen (secondary N) is 2. The van der Waals surface area contributed by atoms with Gasteiger partial charge in [-0.1, -0.05) is 72.8 Å². The van der Waals surface area contributed by atoms with E-state index in [1.807, 2.05) is 12.1 Å². The van der Waals surface area contributed by atoms with Crippen molar-refractivity contribution < 1.29 is 4.39 Å². The van der Waals surface area contributed by atoms with Crippen LogP contribution in [0.15, 0.2) is 84.9 Å². The van der Waals surface area contributed by atoms with Crippen molar-refractivity contribution in [2.45, 2.75) is 12.3 Å². The van der Waals surface area contributed by atoms with Gasteiger partial charge in [0.1, 0.15) is 5.82 Å². The van der Waals surface area contributed by atoms with E-state index in [0.29, 0.717) is 5.92 Å². The van der Waals surface area contributed by atoms with Crippen LogP contribution in [0.3, 0.4) is 0 Å². The molecule has 0 amide bonds. The Morgan fingerprint density at radius 1 is 0.630 bits per heavy atom. The highest BCUT2D eigenvalue weighted by Crippen LogP contribution is 2.23. The van der Waals surface area contributed by atoms with Crippen LogP contribution in [-0.4, -0.2) is 26.2 Å². The van der Waals surface area contributed by atoms with Crippen molar-refractivity contribution in [1.29, 1.82) is 0 Å². The minimum Gasteiger partial charge on any atom is -0.315 e. The van der Waals surface area contributed by atoms with Crippen LogP contribution in [0.25, 0.3) is 0 Å². The Bertz CT molecular complexity index is 733. The van der Waals surface area contributed by atoms with Gasteiger partial charge in [0, 0.05) is 25.6 Å². The third-order valence-electron chi connectivity index (χ3n) is 4.73. The van der Waals surface area contributed by atoms with E-state index >= 15 is 0 Å². The van der Waals surface area contributed by atoms with E-state index < -0.39 is 0 Å². The predicted octanol–water partition coefficient (Wildman–Crippen LogP) is 4.38. The zero-order valence-electron chi connectivity index (χ0n) is 15.6.